The van der Waals surface area contributed by atoms with Gasteiger partial charge in [-0.05, 0) is 34.3 Å². The second kappa shape index (κ2) is 7.64. The molecule has 2 rings (SSSR count). The van der Waals surface area contributed by atoms with Gasteiger partial charge in [-0.25, -0.2) is 4.79 Å². The molecule has 0 bridgehead atoms. The molecule has 0 saturated carbocycles. The van der Waals surface area contributed by atoms with Crippen LogP contribution in [-0.2, 0) is 4.74 Å². The third kappa shape index (κ3) is 4.88. The number of ether oxygens (including phenoxy) is 1. The molecule has 1 fully saturated rings. The smallest absolute Gasteiger partial charge is 0.409 e. The van der Waals surface area contributed by atoms with Crippen LogP contribution >= 0.6 is 15.9 Å². The minimum Gasteiger partial charge on any atom is -0.449 e. The Bertz CT molecular complexity index is 482. The Morgan fingerprint density at radius 3 is 2.86 bits per heavy atom. The highest BCUT2D eigenvalue weighted by Gasteiger charge is 2.20. The van der Waals surface area contributed by atoms with E-state index in [9.17, 15) is 4.79 Å². The van der Waals surface area contributed by atoms with Crippen LogP contribution in [0.5, 0.6) is 0 Å². The number of amides is 1. The quantitative estimate of drug-likeness (QED) is 0.835. The minimum atomic E-state index is -0.196. The van der Waals surface area contributed by atoms with Crippen LogP contribution in [0, 0.1) is 5.92 Å². The maximum atomic E-state index is 12.0. The van der Waals surface area contributed by atoms with Gasteiger partial charge in [-0.15, -0.1) is 0 Å². The summed E-state index contributed by atoms with van der Waals surface area (Å²) in [5.74, 6) is 0.366. The molecule has 1 aliphatic heterocycles. The number of nitrogens with zero attached hydrogens (tertiary/aromatic N) is 3. The third-order valence-corrected chi connectivity index (χ3v) is 3.78. The molecule has 2 heterocycles. The van der Waals surface area contributed by atoms with Crippen molar-refractivity contribution in [3.05, 3.63) is 22.9 Å². The highest BCUT2D eigenvalue weighted by atomic mass is 79.9. The standard InChI is InChI=1S/C15H22BrN3O2/c1-12(2)11-21-15(20)19-5-3-4-18(6-7-19)14-8-13(16)9-17-10-14/h8-10,12H,3-7,11H2,1-2H3. The van der Waals surface area contributed by atoms with Crippen LogP contribution in [0.1, 0.15) is 20.3 Å². The summed E-state index contributed by atoms with van der Waals surface area (Å²) in [6.45, 7) is 7.71. The highest BCUT2D eigenvalue weighted by molar-refractivity contribution is 9.10. The maximum Gasteiger partial charge on any atom is 0.409 e. The molecule has 0 N–H and O–H groups in total. The van der Waals surface area contributed by atoms with E-state index in [1.165, 1.54) is 0 Å². The predicted molar refractivity (Wildman–Crippen MR) is 86.5 cm³/mol. The van der Waals surface area contributed by atoms with E-state index in [-0.39, 0.29) is 6.09 Å². The lowest BCUT2D eigenvalue weighted by atomic mass is 10.2. The van der Waals surface area contributed by atoms with Gasteiger partial charge in [-0.3, -0.25) is 4.98 Å². The molecule has 21 heavy (non-hydrogen) atoms. The second-order valence-corrected chi connectivity index (χ2v) is 6.58. The second-order valence-electron chi connectivity index (χ2n) is 5.66. The number of aromatic nitrogens is 1. The molecule has 1 aromatic heterocycles. The van der Waals surface area contributed by atoms with Gasteiger partial charge in [0.25, 0.3) is 0 Å². The zero-order chi connectivity index (χ0) is 15.2. The molecule has 1 saturated heterocycles. The van der Waals surface area contributed by atoms with Crippen molar-refractivity contribution in [2.45, 2.75) is 20.3 Å². The average Bonchev–Trinajstić information content (AvgIpc) is 2.70. The lowest BCUT2D eigenvalue weighted by molar-refractivity contribution is 0.0943. The molecule has 6 heteroatoms. The fourth-order valence-corrected chi connectivity index (χ4v) is 2.61. The molecular formula is C15H22BrN3O2. The van der Waals surface area contributed by atoms with Crippen molar-refractivity contribution >= 4 is 27.7 Å². The minimum absolute atomic E-state index is 0.196. The van der Waals surface area contributed by atoms with Crippen molar-refractivity contribution in [1.29, 1.82) is 0 Å². The summed E-state index contributed by atoms with van der Waals surface area (Å²) in [5, 5.41) is 0. The van der Waals surface area contributed by atoms with Crippen LogP contribution in [0.3, 0.4) is 0 Å². The Morgan fingerprint density at radius 2 is 2.14 bits per heavy atom. The number of anilines is 1. The van der Waals surface area contributed by atoms with Crippen LogP contribution in [0.25, 0.3) is 0 Å². The molecule has 0 aromatic carbocycles. The van der Waals surface area contributed by atoms with Gasteiger partial charge >= 0.3 is 6.09 Å². The first-order valence-electron chi connectivity index (χ1n) is 7.33. The van der Waals surface area contributed by atoms with Gasteiger partial charge in [0.15, 0.2) is 0 Å². The first-order valence-corrected chi connectivity index (χ1v) is 8.13. The summed E-state index contributed by atoms with van der Waals surface area (Å²) in [6, 6.07) is 2.06. The van der Waals surface area contributed by atoms with Crippen LogP contribution in [0.15, 0.2) is 22.9 Å². The Labute approximate surface area is 134 Å². The van der Waals surface area contributed by atoms with Crippen molar-refractivity contribution in [3.8, 4) is 0 Å². The fourth-order valence-electron chi connectivity index (χ4n) is 2.26. The molecular weight excluding hydrogens is 334 g/mol. The molecule has 1 amide bonds. The van der Waals surface area contributed by atoms with Crippen molar-refractivity contribution in [3.63, 3.8) is 0 Å². The van der Waals surface area contributed by atoms with Gasteiger partial charge in [0, 0.05) is 36.8 Å². The van der Waals surface area contributed by atoms with Crippen molar-refractivity contribution in [2.75, 3.05) is 37.7 Å². The van der Waals surface area contributed by atoms with Gasteiger partial charge in [-0.1, -0.05) is 13.8 Å². The SMILES string of the molecule is CC(C)COC(=O)N1CCCN(c2cncc(Br)c2)CC1. The normalized spacial score (nSPS) is 16.0. The van der Waals surface area contributed by atoms with Crippen LogP contribution < -0.4 is 4.90 Å². The van der Waals surface area contributed by atoms with E-state index in [0.717, 1.165) is 36.2 Å². The van der Waals surface area contributed by atoms with Crippen LogP contribution in [-0.4, -0.2) is 48.8 Å². The summed E-state index contributed by atoms with van der Waals surface area (Å²) in [4.78, 5) is 20.3. The first kappa shape index (κ1) is 16.1. The average molecular weight is 356 g/mol. The Balaban J connectivity index is 1.91. The molecule has 1 aromatic rings. The first-order chi connectivity index (χ1) is 10.1. The van der Waals surface area contributed by atoms with Gasteiger partial charge in [-0.2, -0.15) is 0 Å². The monoisotopic (exact) mass is 355 g/mol. The Morgan fingerprint density at radius 1 is 1.33 bits per heavy atom. The Kier molecular flexibility index (Phi) is 5.85. The van der Waals surface area contributed by atoms with Crippen molar-refractivity contribution in [1.82, 2.24) is 9.88 Å². The van der Waals surface area contributed by atoms with Crippen LogP contribution in [0.2, 0.25) is 0 Å². The lowest BCUT2D eigenvalue weighted by Crippen LogP contribution is -2.36. The van der Waals surface area contributed by atoms with E-state index in [1.807, 2.05) is 20.0 Å². The molecule has 0 radical (unpaired) electrons. The fraction of sp³-hybridized carbons (Fsp3) is 0.600. The molecule has 5 nitrogen and oxygen atoms in total. The van der Waals surface area contributed by atoms with Gasteiger partial charge in [0.1, 0.15) is 0 Å². The number of pyridine rings is 1. The zero-order valence-electron chi connectivity index (χ0n) is 12.6. The van der Waals surface area contributed by atoms with Gasteiger partial charge in [0.2, 0.25) is 0 Å². The number of halogens is 1. The van der Waals surface area contributed by atoms with Gasteiger partial charge in [0.05, 0.1) is 18.5 Å². The number of carbonyl (C=O) groups is 1. The Hall–Kier alpha value is -1.30. The molecule has 0 atom stereocenters. The number of hydrogen-bond donors (Lipinski definition) is 0. The van der Waals surface area contributed by atoms with Crippen LogP contribution in [0.4, 0.5) is 10.5 Å². The summed E-state index contributed by atoms with van der Waals surface area (Å²) in [5.41, 5.74) is 1.08. The highest BCUT2D eigenvalue weighted by Crippen LogP contribution is 2.20. The summed E-state index contributed by atoms with van der Waals surface area (Å²) in [7, 11) is 0. The van der Waals surface area contributed by atoms with Crippen molar-refractivity contribution in [2.24, 2.45) is 5.92 Å². The number of hydrogen-bond acceptors (Lipinski definition) is 4. The summed E-state index contributed by atoms with van der Waals surface area (Å²) in [6.07, 6.45) is 4.37. The predicted octanol–water partition coefficient (Wildman–Crippen LogP) is 3.15. The van der Waals surface area contributed by atoms with E-state index >= 15 is 0 Å². The van der Waals surface area contributed by atoms with E-state index in [1.54, 1.807) is 11.1 Å². The topological polar surface area (TPSA) is 45.7 Å². The summed E-state index contributed by atoms with van der Waals surface area (Å²) >= 11 is 3.44. The number of carbonyl (C=O) groups excluding carboxylic acids is 1. The molecule has 0 aliphatic carbocycles. The molecule has 0 unspecified atom stereocenters. The van der Waals surface area contributed by atoms with Crippen molar-refractivity contribution < 1.29 is 9.53 Å². The molecule has 1 aliphatic rings. The maximum absolute atomic E-state index is 12.0. The largest absolute Gasteiger partial charge is 0.449 e. The zero-order valence-corrected chi connectivity index (χ0v) is 14.2. The number of rotatable bonds is 3. The molecule has 116 valence electrons. The molecule has 0 spiro atoms. The van der Waals surface area contributed by atoms with E-state index in [2.05, 4.69) is 31.9 Å². The van der Waals surface area contributed by atoms with E-state index in [4.69, 9.17) is 4.74 Å². The van der Waals surface area contributed by atoms with E-state index < -0.39 is 0 Å². The van der Waals surface area contributed by atoms with Gasteiger partial charge < -0.3 is 14.5 Å². The summed E-state index contributed by atoms with van der Waals surface area (Å²) < 4.78 is 6.28. The third-order valence-electron chi connectivity index (χ3n) is 3.35. The lowest BCUT2D eigenvalue weighted by Gasteiger charge is -2.23. The van der Waals surface area contributed by atoms with E-state index in [0.29, 0.717) is 19.1 Å².